The predicted molar refractivity (Wildman–Crippen MR) is 61.3 cm³/mol. The highest BCUT2D eigenvalue weighted by Gasteiger charge is 2.58. The molecule has 0 radical (unpaired) electrons. The molecule has 1 saturated heterocycles. The van der Waals surface area contributed by atoms with E-state index in [1.54, 1.807) is 13.0 Å². The second-order valence-corrected chi connectivity index (χ2v) is 5.54. The molecule has 1 spiro atoms. The van der Waals surface area contributed by atoms with Gasteiger partial charge in [-0.2, -0.15) is 13.2 Å². The van der Waals surface area contributed by atoms with Crippen LogP contribution in [0, 0.1) is 12.3 Å². The van der Waals surface area contributed by atoms with Crippen molar-refractivity contribution in [2.75, 3.05) is 0 Å². The predicted octanol–water partition coefficient (Wildman–Crippen LogP) is 3.78. The molecule has 0 unspecified atom stereocenters. The number of hydrogen-bond acceptors (Lipinski definition) is 2. The first-order valence-corrected chi connectivity index (χ1v) is 6.18. The third kappa shape index (κ3) is 2.11. The molecule has 1 heterocycles. The Balaban J connectivity index is 2.02. The number of halogens is 3. The molecule has 2 aliphatic rings. The van der Waals surface area contributed by atoms with Crippen molar-refractivity contribution in [3.63, 3.8) is 0 Å². The van der Waals surface area contributed by atoms with Crippen LogP contribution in [0.15, 0.2) is 18.2 Å². The molecule has 5 heteroatoms. The summed E-state index contributed by atoms with van der Waals surface area (Å²) in [5, 5.41) is 0. The van der Waals surface area contributed by atoms with Gasteiger partial charge < -0.3 is 4.74 Å². The third-order valence-electron chi connectivity index (χ3n) is 3.92. The number of esters is 1. The maximum absolute atomic E-state index is 12.8. The minimum atomic E-state index is -4.37. The van der Waals surface area contributed by atoms with E-state index < -0.39 is 17.8 Å². The van der Waals surface area contributed by atoms with Gasteiger partial charge in [0.2, 0.25) is 0 Å². The zero-order valence-electron chi connectivity index (χ0n) is 10.4. The van der Waals surface area contributed by atoms with E-state index in [4.69, 9.17) is 4.74 Å². The van der Waals surface area contributed by atoms with Crippen LogP contribution in [0.25, 0.3) is 0 Å². The molecule has 1 aliphatic carbocycles. The Morgan fingerprint density at radius 2 is 1.95 bits per heavy atom. The molecular formula is C14H13F3O2. The fourth-order valence-electron chi connectivity index (χ4n) is 2.83. The van der Waals surface area contributed by atoms with Crippen molar-refractivity contribution in [2.24, 2.45) is 5.41 Å². The van der Waals surface area contributed by atoms with Gasteiger partial charge in [0.05, 0.1) is 12.0 Å². The Kier molecular flexibility index (Phi) is 2.46. The summed E-state index contributed by atoms with van der Waals surface area (Å²) < 4.78 is 43.7. The highest BCUT2D eigenvalue weighted by atomic mass is 19.4. The van der Waals surface area contributed by atoms with Crippen LogP contribution in [0.2, 0.25) is 0 Å². The minimum absolute atomic E-state index is 0.242. The Hall–Kier alpha value is -1.52. The van der Waals surface area contributed by atoms with Gasteiger partial charge >= 0.3 is 12.1 Å². The normalized spacial score (nSPS) is 24.6. The van der Waals surface area contributed by atoms with Crippen LogP contribution in [-0.2, 0) is 15.7 Å². The molecule has 3 rings (SSSR count). The van der Waals surface area contributed by atoms with E-state index in [2.05, 4.69) is 0 Å². The maximum Gasteiger partial charge on any atom is 0.416 e. The van der Waals surface area contributed by atoms with Gasteiger partial charge in [-0.25, -0.2) is 0 Å². The summed E-state index contributed by atoms with van der Waals surface area (Å²) in [5.74, 6) is -0.308. The third-order valence-corrected chi connectivity index (χ3v) is 3.92. The number of aryl methyl sites for hydroxylation is 1. The summed E-state index contributed by atoms with van der Waals surface area (Å²) in [5.41, 5.74) is 0.0776. The highest BCUT2D eigenvalue weighted by molar-refractivity contribution is 5.74. The highest BCUT2D eigenvalue weighted by Crippen LogP contribution is 2.62. The van der Waals surface area contributed by atoms with Gasteiger partial charge in [-0.05, 0) is 37.5 Å². The molecule has 0 N–H and O–H groups in total. The molecule has 1 saturated carbocycles. The average molecular weight is 270 g/mol. The van der Waals surface area contributed by atoms with Crippen molar-refractivity contribution in [2.45, 2.75) is 38.5 Å². The molecule has 1 aliphatic heterocycles. The van der Waals surface area contributed by atoms with Gasteiger partial charge in [0.15, 0.2) is 0 Å². The number of cyclic esters (lactones) is 1. The number of alkyl halides is 3. The van der Waals surface area contributed by atoms with E-state index in [9.17, 15) is 18.0 Å². The van der Waals surface area contributed by atoms with Gasteiger partial charge in [-0.1, -0.05) is 11.6 Å². The zero-order chi connectivity index (χ0) is 13.8. The molecule has 102 valence electrons. The fourth-order valence-corrected chi connectivity index (χ4v) is 2.83. The molecule has 2 fully saturated rings. The quantitative estimate of drug-likeness (QED) is 0.726. The van der Waals surface area contributed by atoms with Gasteiger partial charge in [-0.3, -0.25) is 4.79 Å². The number of carbonyl (C=O) groups excluding carboxylic acids is 1. The van der Waals surface area contributed by atoms with Crippen LogP contribution < -0.4 is 0 Å². The van der Waals surface area contributed by atoms with E-state index in [0.29, 0.717) is 17.5 Å². The lowest BCUT2D eigenvalue weighted by Crippen LogP contribution is -2.11. The largest absolute Gasteiger partial charge is 0.457 e. The average Bonchev–Trinajstić information content (AvgIpc) is 2.95. The Labute approximate surface area is 108 Å². The van der Waals surface area contributed by atoms with Crippen LogP contribution in [0.1, 0.15) is 42.1 Å². The molecule has 0 bridgehead atoms. The van der Waals surface area contributed by atoms with E-state index in [0.717, 1.165) is 25.0 Å². The van der Waals surface area contributed by atoms with E-state index in [1.807, 2.05) is 0 Å². The Bertz CT molecular complexity index is 544. The fraction of sp³-hybridized carbons (Fsp3) is 0.500. The summed E-state index contributed by atoms with van der Waals surface area (Å²) in [6, 6.07) is 3.90. The molecule has 0 aromatic heterocycles. The molecule has 19 heavy (non-hydrogen) atoms. The summed E-state index contributed by atoms with van der Waals surface area (Å²) >= 11 is 0. The van der Waals surface area contributed by atoms with Gasteiger partial charge in [0.1, 0.15) is 6.10 Å². The second-order valence-electron chi connectivity index (χ2n) is 5.54. The van der Waals surface area contributed by atoms with Crippen LogP contribution in [0.4, 0.5) is 13.2 Å². The Morgan fingerprint density at radius 1 is 1.26 bits per heavy atom. The first kappa shape index (κ1) is 12.5. The summed E-state index contributed by atoms with van der Waals surface area (Å²) in [4.78, 5) is 11.4. The number of hydrogen-bond donors (Lipinski definition) is 0. The summed E-state index contributed by atoms with van der Waals surface area (Å²) in [6.07, 6.45) is -2.87. The standard InChI is InChI=1S/C14H13F3O2/c1-8-4-9(6-10(5-8)14(15,16)17)12-13(2-3-13)7-11(18)19-12/h4-6,12H,2-3,7H2,1H3/t12-/m1/s1. The molecular weight excluding hydrogens is 257 g/mol. The smallest absolute Gasteiger partial charge is 0.416 e. The summed E-state index contributed by atoms with van der Waals surface area (Å²) in [6.45, 7) is 1.62. The molecule has 2 nitrogen and oxygen atoms in total. The number of benzene rings is 1. The molecule has 0 amide bonds. The minimum Gasteiger partial charge on any atom is -0.457 e. The van der Waals surface area contributed by atoms with E-state index in [1.165, 1.54) is 0 Å². The van der Waals surface area contributed by atoms with E-state index >= 15 is 0 Å². The van der Waals surface area contributed by atoms with Crippen molar-refractivity contribution >= 4 is 5.97 Å². The topological polar surface area (TPSA) is 26.3 Å². The van der Waals surface area contributed by atoms with Crippen molar-refractivity contribution in [1.29, 1.82) is 0 Å². The SMILES string of the molecule is Cc1cc([C@H]2OC(=O)CC23CC3)cc(C(F)(F)F)c1. The monoisotopic (exact) mass is 270 g/mol. The summed E-state index contributed by atoms with van der Waals surface area (Å²) in [7, 11) is 0. The van der Waals surface area contributed by atoms with Crippen LogP contribution in [-0.4, -0.2) is 5.97 Å². The van der Waals surface area contributed by atoms with Crippen molar-refractivity contribution < 1.29 is 22.7 Å². The first-order valence-electron chi connectivity index (χ1n) is 6.18. The first-order chi connectivity index (χ1) is 8.80. The van der Waals surface area contributed by atoms with Crippen LogP contribution in [0.5, 0.6) is 0 Å². The lowest BCUT2D eigenvalue weighted by molar-refractivity contribution is -0.141. The van der Waals surface area contributed by atoms with Crippen LogP contribution in [0.3, 0.4) is 0 Å². The maximum atomic E-state index is 12.8. The number of ether oxygens (including phenoxy) is 1. The molecule has 1 atom stereocenters. The zero-order valence-corrected chi connectivity index (χ0v) is 10.4. The van der Waals surface area contributed by atoms with Crippen LogP contribution >= 0.6 is 0 Å². The number of rotatable bonds is 1. The van der Waals surface area contributed by atoms with Crippen molar-refractivity contribution in [3.05, 3.63) is 34.9 Å². The second kappa shape index (κ2) is 3.74. The molecule has 1 aromatic rings. The lowest BCUT2D eigenvalue weighted by atomic mass is 9.90. The van der Waals surface area contributed by atoms with Gasteiger partial charge in [0.25, 0.3) is 0 Å². The number of carbonyl (C=O) groups is 1. The Morgan fingerprint density at radius 3 is 2.53 bits per heavy atom. The van der Waals surface area contributed by atoms with Crippen molar-refractivity contribution in [1.82, 2.24) is 0 Å². The molecule has 1 aromatic carbocycles. The lowest BCUT2D eigenvalue weighted by Gasteiger charge is -2.19. The van der Waals surface area contributed by atoms with Gasteiger partial charge in [0, 0.05) is 5.41 Å². The van der Waals surface area contributed by atoms with E-state index in [-0.39, 0.29) is 11.4 Å². The van der Waals surface area contributed by atoms with Crippen molar-refractivity contribution in [3.8, 4) is 0 Å². The van der Waals surface area contributed by atoms with Gasteiger partial charge in [-0.15, -0.1) is 0 Å².